The summed E-state index contributed by atoms with van der Waals surface area (Å²) in [5.74, 6) is 1.01. The van der Waals surface area contributed by atoms with E-state index in [1.54, 1.807) is 12.1 Å². The molecule has 0 saturated heterocycles. The van der Waals surface area contributed by atoms with E-state index < -0.39 is 0 Å². The lowest BCUT2D eigenvalue weighted by Gasteiger charge is -2.19. The standard InChI is InChI=1S/C12H16Cl2FN/c13-5-8-16(9-6-14)7-4-11-2-1-3-12(15)10-11/h1-3,10H,4-9H2. The third-order valence-electron chi connectivity index (χ3n) is 2.41. The van der Waals surface area contributed by atoms with Crippen LogP contribution in [-0.2, 0) is 6.42 Å². The Balaban J connectivity index is 2.41. The van der Waals surface area contributed by atoms with Gasteiger partial charge in [0.25, 0.3) is 0 Å². The second kappa shape index (κ2) is 7.88. The lowest BCUT2D eigenvalue weighted by molar-refractivity contribution is 0.311. The predicted octanol–water partition coefficient (Wildman–Crippen LogP) is 3.15. The summed E-state index contributed by atoms with van der Waals surface area (Å²) >= 11 is 11.4. The zero-order valence-electron chi connectivity index (χ0n) is 9.13. The summed E-state index contributed by atoms with van der Waals surface area (Å²) in [6.07, 6.45) is 0.825. The van der Waals surface area contributed by atoms with Gasteiger partial charge < -0.3 is 4.90 Å². The fourth-order valence-electron chi connectivity index (χ4n) is 1.55. The topological polar surface area (TPSA) is 3.24 Å². The molecule has 0 N–H and O–H groups in total. The number of alkyl halides is 2. The fraction of sp³-hybridized carbons (Fsp3) is 0.500. The van der Waals surface area contributed by atoms with Crippen LogP contribution >= 0.6 is 23.2 Å². The molecule has 90 valence electrons. The highest BCUT2D eigenvalue weighted by molar-refractivity contribution is 6.18. The maximum absolute atomic E-state index is 12.9. The number of rotatable bonds is 7. The van der Waals surface area contributed by atoms with Gasteiger partial charge in [-0.05, 0) is 24.1 Å². The van der Waals surface area contributed by atoms with Gasteiger partial charge in [-0.1, -0.05) is 12.1 Å². The van der Waals surface area contributed by atoms with Crippen molar-refractivity contribution in [3.05, 3.63) is 35.6 Å². The summed E-state index contributed by atoms with van der Waals surface area (Å²) in [6.45, 7) is 2.51. The summed E-state index contributed by atoms with van der Waals surface area (Å²) in [7, 11) is 0. The Morgan fingerprint density at radius 1 is 1.06 bits per heavy atom. The molecular weight excluding hydrogens is 248 g/mol. The summed E-state index contributed by atoms with van der Waals surface area (Å²) in [6, 6.07) is 6.69. The van der Waals surface area contributed by atoms with Crippen LogP contribution in [0.1, 0.15) is 5.56 Å². The number of hydrogen-bond acceptors (Lipinski definition) is 1. The van der Waals surface area contributed by atoms with Gasteiger partial charge in [-0.25, -0.2) is 4.39 Å². The van der Waals surface area contributed by atoms with Gasteiger partial charge in [0, 0.05) is 31.4 Å². The Labute approximate surface area is 106 Å². The van der Waals surface area contributed by atoms with Crippen LogP contribution in [0.3, 0.4) is 0 Å². The monoisotopic (exact) mass is 263 g/mol. The largest absolute Gasteiger partial charge is 0.301 e. The molecule has 0 aromatic heterocycles. The first-order chi connectivity index (χ1) is 7.76. The van der Waals surface area contributed by atoms with E-state index in [2.05, 4.69) is 4.90 Å². The van der Waals surface area contributed by atoms with E-state index in [1.807, 2.05) is 6.07 Å². The molecule has 16 heavy (non-hydrogen) atoms. The molecule has 1 rings (SSSR count). The van der Waals surface area contributed by atoms with E-state index in [4.69, 9.17) is 23.2 Å². The van der Waals surface area contributed by atoms with Gasteiger partial charge in [0.05, 0.1) is 0 Å². The van der Waals surface area contributed by atoms with Gasteiger partial charge in [-0.15, -0.1) is 23.2 Å². The Morgan fingerprint density at radius 2 is 1.75 bits per heavy atom. The molecule has 0 saturated carbocycles. The highest BCUT2D eigenvalue weighted by atomic mass is 35.5. The average Bonchev–Trinajstić information content (AvgIpc) is 2.27. The van der Waals surface area contributed by atoms with E-state index in [0.29, 0.717) is 11.8 Å². The van der Waals surface area contributed by atoms with Gasteiger partial charge in [0.2, 0.25) is 0 Å². The van der Waals surface area contributed by atoms with Crippen LogP contribution < -0.4 is 0 Å². The van der Waals surface area contributed by atoms with Gasteiger partial charge in [-0.2, -0.15) is 0 Å². The molecule has 0 spiro atoms. The van der Waals surface area contributed by atoms with Crippen molar-refractivity contribution in [3.63, 3.8) is 0 Å². The molecule has 1 aromatic rings. The van der Waals surface area contributed by atoms with Crippen LogP contribution in [0.2, 0.25) is 0 Å². The molecule has 4 heteroatoms. The predicted molar refractivity (Wildman–Crippen MR) is 68.0 cm³/mol. The third-order valence-corrected chi connectivity index (χ3v) is 2.75. The average molecular weight is 264 g/mol. The molecular formula is C12H16Cl2FN. The minimum absolute atomic E-state index is 0.182. The van der Waals surface area contributed by atoms with Crippen molar-refractivity contribution in [1.82, 2.24) is 4.90 Å². The normalized spacial score (nSPS) is 11.0. The summed E-state index contributed by atoms with van der Waals surface area (Å²) in [5, 5.41) is 0. The van der Waals surface area contributed by atoms with Crippen molar-refractivity contribution >= 4 is 23.2 Å². The Kier molecular flexibility index (Phi) is 6.78. The first-order valence-electron chi connectivity index (χ1n) is 5.35. The van der Waals surface area contributed by atoms with Crippen LogP contribution in [0, 0.1) is 5.82 Å². The number of halogens is 3. The Morgan fingerprint density at radius 3 is 2.31 bits per heavy atom. The summed E-state index contributed by atoms with van der Waals surface area (Å²) < 4.78 is 12.9. The highest BCUT2D eigenvalue weighted by Gasteiger charge is 2.04. The molecule has 1 nitrogen and oxygen atoms in total. The lowest BCUT2D eigenvalue weighted by Crippen LogP contribution is -2.30. The van der Waals surface area contributed by atoms with Crippen LogP contribution in [0.5, 0.6) is 0 Å². The van der Waals surface area contributed by atoms with Crippen molar-refractivity contribution in [2.75, 3.05) is 31.4 Å². The van der Waals surface area contributed by atoms with Crippen molar-refractivity contribution in [2.45, 2.75) is 6.42 Å². The van der Waals surface area contributed by atoms with E-state index >= 15 is 0 Å². The number of benzene rings is 1. The van der Waals surface area contributed by atoms with Crippen molar-refractivity contribution in [2.24, 2.45) is 0 Å². The van der Waals surface area contributed by atoms with Crippen LogP contribution in [0.4, 0.5) is 4.39 Å². The molecule has 1 aromatic carbocycles. The molecule has 0 aliphatic heterocycles. The van der Waals surface area contributed by atoms with E-state index in [0.717, 1.165) is 31.6 Å². The van der Waals surface area contributed by atoms with Crippen LogP contribution in [0.15, 0.2) is 24.3 Å². The Hall–Kier alpha value is -0.310. The summed E-state index contributed by atoms with van der Waals surface area (Å²) in [5.41, 5.74) is 1.01. The zero-order valence-corrected chi connectivity index (χ0v) is 10.6. The van der Waals surface area contributed by atoms with Crippen LogP contribution in [-0.4, -0.2) is 36.3 Å². The molecule has 0 aliphatic rings. The smallest absolute Gasteiger partial charge is 0.123 e. The molecule has 0 radical (unpaired) electrons. The molecule has 0 atom stereocenters. The van der Waals surface area contributed by atoms with Gasteiger partial charge in [0.15, 0.2) is 0 Å². The maximum atomic E-state index is 12.9. The van der Waals surface area contributed by atoms with Crippen molar-refractivity contribution < 1.29 is 4.39 Å². The fourth-order valence-corrected chi connectivity index (χ4v) is 2.03. The van der Waals surface area contributed by atoms with Gasteiger partial charge >= 0.3 is 0 Å². The minimum atomic E-state index is -0.182. The van der Waals surface area contributed by atoms with Crippen molar-refractivity contribution in [3.8, 4) is 0 Å². The van der Waals surface area contributed by atoms with E-state index in [9.17, 15) is 4.39 Å². The summed E-state index contributed by atoms with van der Waals surface area (Å²) in [4.78, 5) is 2.19. The second-order valence-electron chi connectivity index (χ2n) is 3.60. The van der Waals surface area contributed by atoms with E-state index in [-0.39, 0.29) is 5.82 Å². The second-order valence-corrected chi connectivity index (χ2v) is 4.36. The molecule has 0 amide bonds. The molecule has 0 fully saturated rings. The zero-order chi connectivity index (χ0) is 11.8. The van der Waals surface area contributed by atoms with Crippen molar-refractivity contribution in [1.29, 1.82) is 0 Å². The third kappa shape index (κ3) is 5.15. The number of nitrogens with zero attached hydrogens (tertiary/aromatic N) is 1. The highest BCUT2D eigenvalue weighted by Crippen LogP contribution is 2.05. The first kappa shape index (κ1) is 13.8. The van der Waals surface area contributed by atoms with E-state index in [1.165, 1.54) is 6.07 Å². The minimum Gasteiger partial charge on any atom is -0.301 e. The lowest BCUT2D eigenvalue weighted by atomic mass is 10.1. The van der Waals surface area contributed by atoms with Gasteiger partial charge in [-0.3, -0.25) is 0 Å². The molecule has 0 bridgehead atoms. The number of hydrogen-bond donors (Lipinski definition) is 0. The molecule has 0 unspecified atom stereocenters. The quantitative estimate of drug-likeness (QED) is 0.684. The SMILES string of the molecule is Fc1cccc(CCN(CCCl)CCCl)c1. The Bertz CT molecular complexity index is 301. The first-order valence-corrected chi connectivity index (χ1v) is 6.42. The molecule has 0 aliphatic carbocycles. The maximum Gasteiger partial charge on any atom is 0.123 e. The van der Waals surface area contributed by atoms with Gasteiger partial charge in [0.1, 0.15) is 5.82 Å². The molecule has 0 heterocycles. The van der Waals surface area contributed by atoms with Crippen LogP contribution in [0.25, 0.3) is 0 Å².